The van der Waals surface area contributed by atoms with Gasteiger partial charge in [0.25, 0.3) is 0 Å². The molecule has 7 nitrogen and oxygen atoms in total. The molecule has 1 heterocycles. The number of nitrogen functional groups attached to an aromatic ring is 1. The Hall–Kier alpha value is -2.52. The van der Waals surface area contributed by atoms with Crippen LogP contribution in [0.2, 0.25) is 0 Å². The lowest BCUT2D eigenvalue weighted by Crippen LogP contribution is -2.16. The number of rotatable bonds is 7. The van der Waals surface area contributed by atoms with Gasteiger partial charge in [0.05, 0.1) is 11.9 Å². The van der Waals surface area contributed by atoms with E-state index in [4.69, 9.17) is 10.6 Å². The number of hydrogen-bond acceptors (Lipinski definition) is 6. The van der Waals surface area contributed by atoms with Crippen molar-refractivity contribution >= 4 is 39.3 Å². The second kappa shape index (κ2) is 9.11. The summed E-state index contributed by atoms with van der Waals surface area (Å²) in [5, 5.41) is 11.5. The van der Waals surface area contributed by atoms with Gasteiger partial charge in [-0.15, -0.1) is 10.2 Å². The van der Waals surface area contributed by atoms with Gasteiger partial charge in [-0.25, -0.2) is 4.68 Å². The van der Waals surface area contributed by atoms with Gasteiger partial charge in [0.15, 0.2) is 5.82 Å². The first-order valence-corrected chi connectivity index (χ1v) is 10.4. The standard InChI is InChI=1S/C19H20BrN5O2S/c1-12(2)27-16-5-3-4-13(10-16)18-23-24-19(25(18)21)28-11-17(26)22-15-8-6-14(20)7-9-15/h3-10,12H,11,21H2,1-2H3,(H,22,26). The smallest absolute Gasteiger partial charge is 0.234 e. The molecule has 0 unspecified atom stereocenters. The van der Waals surface area contributed by atoms with Crippen molar-refractivity contribution in [2.45, 2.75) is 25.1 Å². The van der Waals surface area contributed by atoms with E-state index in [0.717, 1.165) is 21.5 Å². The van der Waals surface area contributed by atoms with E-state index in [-0.39, 0.29) is 17.8 Å². The molecule has 3 aromatic rings. The average Bonchev–Trinajstić information content (AvgIpc) is 3.02. The van der Waals surface area contributed by atoms with Crippen LogP contribution >= 0.6 is 27.7 Å². The topological polar surface area (TPSA) is 95.1 Å². The van der Waals surface area contributed by atoms with Crippen molar-refractivity contribution in [2.75, 3.05) is 16.9 Å². The number of carbonyl (C=O) groups excluding carboxylic acids is 1. The van der Waals surface area contributed by atoms with Crippen molar-refractivity contribution in [3.05, 3.63) is 53.0 Å². The summed E-state index contributed by atoms with van der Waals surface area (Å²) in [6, 6.07) is 14.9. The molecule has 3 N–H and O–H groups in total. The highest BCUT2D eigenvalue weighted by Crippen LogP contribution is 2.25. The molecule has 28 heavy (non-hydrogen) atoms. The Labute approximate surface area is 175 Å². The lowest BCUT2D eigenvalue weighted by atomic mass is 10.2. The Kier molecular flexibility index (Phi) is 6.58. The van der Waals surface area contributed by atoms with Crippen molar-refractivity contribution in [3.63, 3.8) is 0 Å². The van der Waals surface area contributed by atoms with Gasteiger partial charge in [0, 0.05) is 15.7 Å². The first-order valence-electron chi connectivity index (χ1n) is 8.58. The van der Waals surface area contributed by atoms with Crippen LogP contribution < -0.4 is 15.9 Å². The van der Waals surface area contributed by atoms with Crippen molar-refractivity contribution < 1.29 is 9.53 Å². The molecular formula is C19H20BrN5O2S. The van der Waals surface area contributed by atoms with Crippen LogP contribution in [0.3, 0.4) is 0 Å². The second-order valence-corrected chi connectivity index (χ2v) is 8.07. The Bertz CT molecular complexity index is 959. The summed E-state index contributed by atoms with van der Waals surface area (Å²) in [5.74, 6) is 7.39. The highest BCUT2D eigenvalue weighted by Gasteiger charge is 2.14. The third kappa shape index (κ3) is 5.26. The zero-order chi connectivity index (χ0) is 20.1. The summed E-state index contributed by atoms with van der Waals surface area (Å²) in [7, 11) is 0. The van der Waals surface area contributed by atoms with Gasteiger partial charge >= 0.3 is 0 Å². The van der Waals surface area contributed by atoms with E-state index in [9.17, 15) is 4.79 Å². The van der Waals surface area contributed by atoms with Gasteiger partial charge < -0.3 is 15.9 Å². The van der Waals surface area contributed by atoms with Crippen molar-refractivity contribution in [1.82, 2.24) is 14.9 Å². The molecule has 0 atom stereocenters. The van der Waals surface area contributed by atoms with Gasteiger partial charge in [-0.05, 0) is 50.2 Å². The molecule has 0 spiro atoms. The summed E-state index contributed by atoms with van der Waals surface area (Å²) in [6.45, 7) is 3.93. The van der Waals surface area contributed by atoms with E-state index in [1.54, 1.807) is 0 Å². The maximum Gasteiger partial charge on any atom is 0.234 e. The fourth-order valence-corrected chi connectivity index (χ4v) is 3.33. The van der Waals surface area contributed by atoms with Gasteiger partial charge in [-0.2, -0.15) is 0 Å². The summed E-state index contributed by atoms with van der Waals surface area (Å²) < 4.78 is 8.04. The van der Waals surface area contributed by atoms with Crippen molar-refractivity contribution in [1.29, 1.82) is 0 Å². The molecular weight excluding hydrogens is 442 g/mol. The van der Waals surface area contributed by atoms with Gasteiger partial charge in [0.1, 0.15) is 5.75 Å². The largest absolute Gasteiger partial charge is 0.491 e. The Morgan fingerprint density at radius 1 is 1.25 bits per heavy atom. The van der Waals surface area contributed by atoms with Crippen LogP contribution in [0, 0.1) is 0 Å². The molecule has 0 fully saturated rings. The fourth-order valence-electron chi connectivity index (χ4n) is 2.41. The first kappa shape index (κ1) is 20.2. The van der Waals surface area contributed by atoms with E-state index in [1.807, 2.05) is 62.4 Å². The second-order valence-electron chi connectivity index (χ2n) is 6.21. The minimum atomic E-state index is -0.149. The summed E-state index contributed by atoms with van der Waals surface area (Å²) in [5.41, 5.74) is 1.52. The van der Waals surface area contributed by atoms with E-state index in [0.29, 0.717) is 11.0 Å². The number of anilines is 1. The number of ether oxygens (including phenoxy) is 1. The third-order valence-corrected chi connectivity index (χ3v) is 5.06. The molecule has 0 aliphatic rings. The minimum Gasteiger partial charge on any atom is -0.491 e. The molecule has 146 valence electrons. The number of thioether (sulfide) groups is 1. The van der Waals surface area contributed by atoms with Crippen LogP contribution in [0.1, 0.15) is 13.8 Å². The average molecular weight is 462 g/mol. The summed E-state index contributed by atoms with van der Waals surface area (Å²) in [6.07, 6.45) is 0.0707. The molecule has 0 aliphatic heterocycles. The van der Waals surface area contributed by atoms with Crippen LogP contribution in [-0.2, 0) is 4.79 Å². The number of amides is 1. The number of nitrogens with one attached hydrogen (secondary N) is 1. The summed E-state index contributed by atoms with van der Waals surface area (Å²) >= 11 is 4.58. The zero-order valence-corrected chi connectivity index (χ0v) is 17.8. The van der Waals surface area contributed by atoms with E-state index < -0.39 is 0 Å². The first-order chi connectivity index (χ1) is 13.4. The maximum absolute atomic E-state index is 12.1. The van der Waals surface area contributed by atoms with Gasteiger partial charge in [-0.1, -0.05) is 39.8 Å². The number of nitrogens with zero attached hydrogens (tertiary/aromatic N) is 3. The van der Waals surface area contributed by atoms with Gasteiger partial charge in [-0.3, -0.25) is 4.79 Å². The number of benzene rings is 2. The predicted molar refractivity (Wildman–Crippen MR) is 115 cm³/mol. The SMILES string of the molecule is CC(C)Oc1cccc(-c2nnc(SCC(=O)Nc3ccc(Br)cc3)n2N)c1. The van der Waals surface area contributed by atoms with Gasteiger partial charge in [0.2, 0.25) is 11.1 Å². The lowest BCUT2D eigenvalue weighted by molar-refractivity contribution is -0.113. The third-order valence-electron chi connectivity index (χ3n) is 3.59. The minimum absolute atomic E-state index is 0.0707. The number of aromatic nitrogens is 3. The summed E-state index contributed by atoms with van der Waals surface area (Å²) in [4.78, 5) is 12.1. The highest BCUT2D eigenvalue weighted by molar-refractivity contribution is 9.10. The monoisotopic (exact) mass is 461 g/mol. The quantitative estimate of drug-likeness (QED) is 0.408. The maximum atomic E-state index is 12.1. The molecule has 1 amide bonds. The van der Waals surface area contributed by atoms with E-state index in [2.05, 4.69) is 31.4 Å². The fraction of sp³-hybridized carbons (Fsp3) is 0.211. The lowest BCUT2D eigenvalue weighted by Gasteiger charge is -2.10. The van der Waals surface area contributed by atoms with E-state index in [1.165, 1.54) is 16.4 Å². The molecule has 1 aromatic heterocycles. The highest BCUT2D eigenvalue weighted by atomic mass is 79.9. The Balaban J connectivity index is 1.64. The molecule has 3 rings (SSSR count). The molecule has 9 heteroatoms. The van der Waals surface area contributed by atoms with Crippen LogP contribution in [-0.4, -0.2) is 32.6 Å². The van der Waals surface area contributed by atoms with Crippen LogP contribution in [0.4, 0.5) is 5.69 Å². The Morgan fingerprint density at radius 3 is 2.71 bits per heavy atom. The molecule has 0 aliphatic carbocycles. The number of hydrogen-bond donors (Lipinski definition) is 2. The normalized spacial score (nSPS) is 10.9. The van der Waals surface area contributed by atoms with Crippen molar-refractivity contribution in [3.8, 4) is 17.1 Å². The van der Waals surface area contributed by atoms with E-state index >= 15 is 0 Å². The van der Waals surface area contributed by atoms with Crippen LogP contribution in [0.5, 0.6) is 5.75 Å². The molecule has 2 aromatic carbocycles. The zero-order valence-electron chi connectivity index (χ0n) is 15.4. The predicted octanol–water partition coefficient (Wildman–Crippen LogP) is 3.94. The molecule has 0 saturated carbocycles. The number of carbonyl (C=O) groups is 1. The van der Waals surface area contributed by atoms with Crippen LogP contribution in [0.25, 0.3) is 11.4 Å². The molecule has 0 saturated heterocycles. The number of nitrogens with two attached hydrogens (primary N) is 1. The molecule has 0 bridgehead atoms. The number of halogens is 1. The van der Waals surface area contributed by atoms with Crippen LogP contribution in [0.15, 0.2) is 58.2 Å². The molecule has 0 radical (unpaired) electrons. The van der Waals surface area contributed by atoms with Crippen molar-refractivity contribution in [2.24, 2.45) is 0 Å². The Morgan fingerprint density at radius 2 is 2.00 bits per heavy atom.